The maximum atomic E-state index is 8.97. The Bertz CT molecular complexity index is 511. The number of rotatable bonds is 5. The molecule has 0 unspecified atom stereocenters. The fraction of sp³-hybridized carbons (Fsp3) is 0.316. The number of hydrogen-bond acceptors (Lipinski definition) is 3. The highest BCUT2D eigenvalue weighted by atomic mass is 16.3. The van der Waals surface area contributed by atoms with Gasteiger partial charge in [-0.15, -0.1) is 0 Å². The standard InChI is InChI=1S/C19H23N2O/c22-16-15-20-11-13-21(14-12-20)19(17-7-3-1-4-8-17)18-9-5-2-6-10-18/h1-10,16,19,22H,11-15H2. The number of piperazine rings is 1. The third-order valence-corrected chi connectivity index (χ3v) is 4.34. The van der Waals surface area contributed by atoms with Crippen molar-refractivity contribution in [3.63, 3.8) is 0 Å². The first-order valence-electron chi connectivity index (χ1n) is 7.90. The third-order valence-electron chi connectivity index (χ3n) is 4.34. The number of aliphatic hydroxyl groups is 1. The molecule has 0 aromatic heterocycles. The highest BCUT2D eigenvalue weighted by molar-refractivity contribution is 5.31. The summed E-state index contributed by atoms with van der Waals surface area (Å²) in [6.07, 6.45) is 0. The van der Waals surface area contributed by atoms with Gasteiger partial charge in [-0.25, -0.2) is 0 Å². The van der Waals surface area contributed by atoms with Gasteiger partial charge >= 0.3 is 0 Å². The van der Waals surface area contributed by atoms with E-state index in [1.807, 2.05) is 0 Å². The molecule has 115 valence electrons. The summed E-state index contributed by atoms with van der Waals surface area (Å²) in [7, 11) is 0. The van der Waals surface area contributed by atoms with Crippen LogP contribution in [-0.2, 0) is 0 Å². The second-order valence-corrected chi connectivity index (χ2v) is 5.74. The maximum absolute atomic E-state index is 8.97. The van der Waals surface area contributed by atoms with Crippen LogP contribution in [0, 0.1) is 6.61 Å². The van der Waals surface area contributed by atoms with Gasteiger partial charge in [0.2, 0.25) is 0 Å². The van der Waals surface area contributed by atoms with Crippen LogP contribution >= 0.6 is 0 Å². The van der Waals surface area contributed by atoms with Gasteiger partial charge in [0.1, 0.15) is 0 Å². The summed E-state index contributed by atoms with van der Waals surface area (Å²) in [5, 5.41) is 8.97. The molecule has 1 fully saturated rings. The van der Waals surface area contributed by atoms with Gasteiger partial charge < -0.3 is 5.11 Å². The summed E-state index contributed by atoms with van der Waals surface area (Å²) in [5.74, 6) is 0. The smallest absolute Gasteiger partial charge is 0.0938 e. The average molecular weight is 295 g/mol. The Labute approximate surface area is 132 Å². The largest absolute Gasteiger partial charge is 0.389 e. The molecule has 0 atom stereocenters. The van der Waals surface area contributed by atoms with E-state index in [0.717, 1.165) is 26.2 Å². The number of nitrogens with zero attached hydrogens (tertiary/aromatic N) is 2. The molecule has 0 bridgehead atoms. The Morgan fingerprint density at radius 3 is 1.77 bits per heavy atom. The number of hydrogen-bond donors (Lipinski definition) is 1. The summed E-state index contributed by atoms with van der Waals surface area (Å²) in [4.78, 5) is 4.82. The molecule has 0 saturated carbocycles. The highest BCUT2D eigenvalue weighted by Crippen LogP contribution is 2.29. The van der Waals surface area contributed by atoms with E-state index in [1.54, 1.807) is 0 Å². The molecule has 1 radical (unpaired) electrons. The van der Waals surface area contributed by atoms with Crippen LogP contribution in [0.3, 0.4) is 0 Å². The van der Waals surface area contributed by atoms with Crippen LogP contribution in [0.2, 0.25) is 0 Å². The van der Waals surface area contributed by atoms with Crippen LogP contribution in [0.15, 0.2) is 60.7 Å². The molecule has 0 spiro atoms. The van der Waals surface area contributed by atoms with Crippen molar-refractivity contribution in [1.29, 1.82) is 0 Å². The molecule has 1 heterocycles. The van der Waals surface area contributed by atoms with Crippen LogP contribution in [0.4, 0.5) is 0 Å². The molecule has 3 heteroatoms. The van der Waals surface area contributed by atoms with Gasteiger partial charge in [0.05, 0.1) is 12.6 Å². The summed E-state index contributed by atoms with van der Waals surface area (Å²) in [5.41, 5.74) is 2.69. The van der Waals surface area contributed by atoms with E-state index < -0.39 is 0 Å². The van der Waals surface area contributed by atoms with Crippen LogP contribution < -0.4 is 0 Å². The Hall–Kier alpha value is -1.68. The van der Waals surface area contributed by atoms with Gasteiger partial charge in [-0.3, -0.25) is 9.80 Å². The summed E-state index contributed by atoms with van der Waals surface area (Å²) < 4.78 is 0. The van der Waals surface area contributed by atoms with Crippen molar-refractivity contribution >= 4 is 0 Å². The minimum Gasteiger partial charge on any atom is -0.389 e. The van der Waals surface area contributed by atoms with Crippen molar-refractivity contribution in [2.24, 2.45) is 0 Å². The average Bonchev–Trinajstić information content (AvgIpc) is 2.59. The molecule has 1 N–H and O–H groups in total. The summed E-state index contributed by atoms with van der Waals surface area (Å²) >= 11 is 0. The first kappa shape index (κ1) is 15.2. The fourth-order valence-electron chi connectivity index (χ4n) is 3.20. The minimum absolute atomic E-state index is 0.308. The zero-order valence-electron chi connectivity index (χ0n) is 12.8. The Kier molecular flexibility index (Phi) is 5.22. The molecular formula is C19H23N2O. The van der Waals surface area contributed by atoms with Crippen molar-refractivity contribution in [3.8, 4) is 0 Å². The first-order chi connectivity index (χ1) is 10.9. The molecule has 1 aliphatic heterocycles. The van der Waals surface area contributed by atoms with Crippen LogP contribution in [0.1, 0.15) is 17.2 Å². The molecule has 22 heavy (non-hydrogen) atoms. The van der Waals surface area contributed by atoms with Crippen molar-refractivity contribution in [2.75, 3.05) is 32.7 Å². The molecule has 3 nitrogen and oxygen atoms in total. The fourth-order valence-corrected chi connectivity index (χ4v) is 3.20. The molecular weight excluding hydrogens is 272 g/mol. The number of benzene rings is 2. The highest BCUT2D eigenvalue weighted by Gasteiger charge is 2.25. The lowest BCUT2D eigenvalue weighted by atomic mass is 9.96. The molecule has 0 aliphatic carbocycles. The molecule has 0 amide bonds. The minimum atomic E-state index is 0.308. The van der Waals surface area contributed by atoms with Crippen LogP contribution in [0.5, 0.6) is 0 Å². The topological polar surface area (TPSA) is 26.7 Å². The van der Waals surface area contributed by atoms with Crippen molar-refractivity contribution < 1.29 is 5.11 Å². The Morgan fingerprint density at radius 2 is 1.32 bits per heavy atom. The second-order valence-electron chi connectivity index (χ2n) is 5.74. The Balaban J connectivity index is 1.81. The van der Waals surface area contributed by atoms with Gasteiger partial charge in [0.25, 0.3) is 0 Å². The van der Waals surface area contributed by atoms with Crippen LogP contribution in [0.25, 0.3) is 0 Å². The SMILES string of the molecule is O[CH]CN1CCN(C(c2ccccc2)c2ccccc2)CC1. The zero-order valence-corrected chi connectivity index (χ0v) is 12.8. The van der Waals surface area contributed by atoms with Gasteiger partial charge in [-0.1, -0.05) is 60.7 Å². The molecule has 1 saturated heterocycles. The molecule has 3 rings (SSSR count). The maximum Gasteiger partial charge on any atom is 0.0938 e. The van der Waals surface area contributed by atoms with Crippen LogP contribution in [-0.4, -0.2) is 47.6 Å². The molecule has 2 aromatic rings. The monoisotopic (exact) mass is 295 g/mol. The van der Waals surface area contributed by atoms with E-state index in [2.05, 4.69) is 70.5 Å². The van der Waals surface area contributed by atoms with Crippen molar-refractivity contribution in [3.05, 3.63) is 78.4 Å². The number of aliphatic hydroxyl groups excluding tert-OH is 1. The zero-order chi connectivity index (χ0) is 15.2. The summed E-state index contributed by atoms with van der Waals surface area (Å²) in [6, 6.07) is 21.8. The normalized spacial score (nSPS) is 17.0. The van der Waals surface area contributed by atoms with E-state index >= 15 is 0 Å². The van der Waals surface area contributed by atoms with Gasteiger partial charge in [-0.05, 0) is 11.1 Å². The van der Waals surface area contributed by atoms with Crippen molar-refractivity contribution in [2.45, 2.75) is 6.04 Å². The molecule has 1 aliphatic rings. The predicted octanol–water partition coefficient (Wildman–Crippen LogP) is 2.93. The van der Waals surface area contributed by atoms with E-state index in [4.69, 9.17) is 5.11 Å². The lowest BCUT2D eigenvalue weighted by Crippen LogP contribution is -2.48. The quantitative estimate of drug-likeness (QED) is 0.919. The van der Waals surface area contributed by atoms with E-state index in [0.29, 0.717) is 12.6 Å². The van der Waals surface area contributed by atoms with Crippen molar-refractivity contribution in [1.82, 2.24) is 9.80 Å². The lowest BCUT2D eigenvalue weighted by molar-refractivity contribution is 0.106. The first-order valence-corrected chi connectivity index (χ1v) is 7.90. The van der Waals surface area contributed by atoms with E-state index in [-0.39, 0.29) is 0 Å². The molecule has 2 aromatic carbocycles. The Morgan fingerprint density at radius 1 is 0.818 bits per heavy atom. The predicted molar refractivity (Wildman–Crippen MR) is 89.0 cm³/mol. The second kappa shape index (κ2) is 7.54. The third kappa shape index (κ3) is 3.55. The van der Waals surface area contributed by atoms with E-state index in [9.17, 15) is 0 Å². The van der Waals surface area contributed by atoms with E-state index in [1.165, 1.54) is 17.7 Å². The van der Waals surface area contributed by atoms with Gasteiger partial charge in [-0.2, -0.15) is 0 Å². The van der Waals surface area contributed by atoms with Gasteiger partial charge in [0, 0.05) is 32.7 Å². The summed E-state index contributed by atoms with van der Waals surface area (Å²) in [6.45, 7) is 5.93. The van der Waals surface area contributed by atoms with Gasteiger partial charge in [0.15, 0.2) is 0 Å². The lowest BCUT2D eigenvalue weighted by Gasteiger charge is -2.39.